The largest absolute Gasteiger partial charge is 0.573 e. The molecule has 21 heavy (non-hydrogen) atoms. The number of alkyl halides is 3. The van der Waals surface area contributed by atoms with E-state index in [0.29, 0.717) is 19.6 Å². The fourth-order valence-corrected chi connectivity index (χ4v) is 2.98. The van der Waals surface area contributed by atoms with E-state index in [1.807, 2.05) is 0 Å². The van der Waals surface area contributed by atoms with Crippen molar-refractivity contribution < 1.29 is 27.8 Å². The number of halogens is 3. The van der Waals surface area contributed by atoms with Crippen LogP contribution in [-0.2, 0) is 11.3 Å². The smallest absolute Gasteiger partial charge is 0.406 e. The van der Waals surface area contributed by atoms with Crippen molar-refractivity contribution in [1.82, 2.24) is 4.90 Å². The number of rotatable bonds is 3. The van der Waals surface area contributed by atoms with Crippen LogP contribution in [0.15, 0.2) is 24.3 Å². The summed E-state index contributed by atoms with van der Waals surface area (Å²) in [6, 6.07) is 5.87. The molecule has 2 saturated heterocycles. The van der Waals surface area contributed by atoms with Crippen LogP contribution >= 0.6 is 0 Å². The molecule has 7 heteroatoms. The third kappa shape index (κ3) is 3.48. The van der Waals surface area contributed by atoms with E-state index >= 15 is 0 Å². The number of ether oxygens (including phenoxy) is 2. The second kappa shape index (κ2) is 5.15. The third-order valence-corrected chi connectivity index (χ3v) is 3.78. The summed E-state index contributed by atoms with van der Waals surface area (Å²) in [5, 5.41) is 9.48. The number of hydrogen-bond donors (Lipinski definition) is 1. The molecule has 1 atom stereocenters. The van der Waals surface area contributed by atoms with Gasteiger partial charge in [-0.05, 0) is 17.7 Å². The molecule has 3 rings (SSSR count). The zero-order valence-electron chi connectivity index (χ0n) is 11.3. The summed E-state index contributed by atoms with van der Waals surface area (Å²) in [5.74, 6) is -0.214. The lowest BCUT2D eigenvalue weighted by atomic mass is 9.90. The van der Waals surface area contributed by atoms with Crippen molar-refractivity contribution >= 4 is 0 Å². The Bertz CT molecular complexity index is 497. The molecule has 2 fully saturated rings. The lowest BCUT2D eigenvalue weighted by Gasteiger charge is -2.47. The average molecular weight is 303 g/mol. The number of hydrogen-bond acceptors (Lipinski definition) is 4. The highest BCUT2D eigenvalue weighted by atomic mass is 19.4. The fraction of sp³-hybridized carbons (Fsp3) is 0.571. The van der Waals surface area contributed by atoms with Crippen LogP contribution in [0.3, 0.4) is 0 Å². The summed E-state index contributed by atoms with van der Waals surface area (Å²) in [6.45, 7) is 2.51. The first-order valence-corrected chi connectivity index (χ1v) is 6.73. The monoisotopic (exact) mass is 303 g/mol. The molecule has 0 aromatic heterocycles. The van der Waals surface area contributed by atoms with E-state index in [4.69, 9.17) is 4.74 Å². The first-order chi connectivity index (χ1) is 9.84. The molecule has 1 N–H and O–H groups in total. The van der Waals surface area contributed by atoms with Crippen LogP contribution in [0, 0.1) is 0 Å². The molecule has 2 aliphatic rings. The van der Waals surface area contributed by atoms with Gasteiger partial charge in [0.2, 0.25) is 0 Å². The molecular weight excluding hydrogens is 287 g/mol. The highest BCUT2D eigenvalue weighted by Crippen LogP contribution is 2.36. The molecule has 0 aliphatic carbocycles. The summed E-state index contributed by atoms with van der Waals surface area (Å²) in [4.78, 5) is 2.14. The predicted octanol–water partition coefficient (Wildman–Crippen LogP) is 1.92. The Morgan fingerprint density at radius 1 is 1.29 bits per heavy atom. The zero-order chi connectivity index (χ0) is 15.1. The molecular formula is C14H16F3NO3. The van der Waals surface area contributed by atoms with Crippen LogP contribution in [0.25, 0.3) is 0 Å². The Kier molecular flexibility index (Phi) is 3.59. The van der Waals surface area contributed by atoms with Gasteiger partial charge in [0.15, 0.2) is 0 Å². The molecule has 0 unspecified atom stereocenters. The maximum Gasteiger partial charge on any atom is 0.573 e. The van der Waals surface area contributed by atoms with Gasteiger partial charge < -0.3 is 14.6 Å². The molecule has 2 aliphatic heterocycles. The summed E-state index contributed by atoms with van der Waals surface area (Å²) >= 11 is 0. The van der Waals surface area contributed by atoms with E-state index in [1.165, 1.54) is 12.1 Å². The Labute approximate surface area is 120 Å². The van der Waals surface area contributed by atoms with E-state index in [1.54, 1.807) is 12.1 Å². The fourth-order valence-electron chi connectivity index (χ4n) is 2.98. The van der Waals surface area contributed by atoms with Crippen LogP contribution in [0.2, 0.25) is 0 Å². The Hall–Kier alpha value is -1.31. The minimum atomic E-state index is -4.66. The molecule has 1 aromatic carbocycles. The number of benzene rings is 1. The van der Waals surface area contributed by atoms with E-state index in [9.17, 15) is 18.3 Å². The Morgan fingerprint density at radius 2 is 1.95 bits per heavy atom. The second-order valence-electron chi connectivity index (χ2n) is 5.69. The van der Waals surface area contributed by atoms with Crippen molar-refractivity contribution in [3.05, 3.63) is 29.8 Å². The van der Waals surface area contributed by atoms with Crippen LogP contribution in [-0.4, -0.2) is 47.8 Å². The van der Waals surface area contributed by atoms with Gasteiger partial charge in [0, 0.05) is 26.1 Å². The first kappa shape index (κ1) is 14.6. The number of likely N-dealkylation sites (tertiary alicyclic amines) is 1. The maximum absolute atomic E-state index is 12.1. The molecule has 1 aromatic rings. The van der Waals surface area contributed by atoms with Crippen LogP contribution in [0.5, 0.6) is 5.75 Å². The highest BCUT2D eigenvalue weighted by Gasteiger charge is 2.49. The van der Waals surface area contributed by atoms with Gasteiger partial charge in [-0.15, -0.1) is 13.2 Å². The maximum atomic E-state index is 12.1. The second-order valence-corrected chi connectivity index (χ2v) is 5.69. The van der Waals surface area contributed by atoms with E-state index in [2.05, 4.69) is 9.64 Å². The van der Waals surface area contributed by atoms with Gasteiger partial charge in [0.25, 0.3) is 0 Å². The molecule has 0 bridgehead atoms. The van der Waals surface area contributed by atoms with E-state index in [0.717, 1.165) is 18.7 Å². The molecule has 0 amide bonds. The van der Waals surface area contributed by atoms with Gasteiger partial charge in [-0.3, -0.25) is 4.90 Å². The lowest BCUT2D eigenvalue weighted by molar-refractivity contribution is -0.274. The Balaban J connectivity index is 1.51. The molecule has 116 valence electrons. The number of aliphatic hydroxyl groups excluding tert-OH is 1. The lowest BCUT2D eigenvalue weighted by Crippen LogP contribution is -2.60. The molecule has 4 nitrogen and oxygen atoms in total. The van der Waals surface area contributed by atoms with Gasteiger partial charge >= 0.3 is 6.36 Å². The summed E-state index contributed by atoms with van der Waals surface area (Å²) in [7, 11) is 0. The highest BCUT2D eigenvalue weighted by molar-refractivity contribution is 5.27. The summed E-state index contributed by atoms with van der Waals surface area (Å²) in [5.41, 5.74) is 0.691. The van der Waals surface area contributed by atoms with Gasteiger partial charge in [-0.2, -0.15) is 0 Å². The summed E-state index contributed by atoms with van der Waals surface area (Å²) in [6.07, 6.45) is -4.39. The van der Waals surface area contributed by atoms with Crippen molar-refractivity contribution in [3.63, 3.8) is 0 Å². The molecule has 1 spiro atoms. The zero-order valence-corrected chi connectivity index (χ0v) is 11.3. The van der Waals surface area contributed by atoms with Crippen LogP contribution < -0.4 is 4.74 Å². The third-order valence-electron chi connectivity index (χ3n) is 3.78. The van der Waals surface area contributed by atoms with Crippen molar-refractivity contribution in [3.8, 4) is 5.75 Å². The number of nitrogens with zero attached hydrogens (tertiary/aromatic N) is 1. The van der Waals surface area contributed by atoms with Crippen LogP contribution in [0.1, 0.15) is 12.0 Å². The molecule has 0 saturated carbocycles. The minimum Gasteiger partial charge on any atom is -0.406 e. The topological polar surface area (TPSA) is 41.9 Å². The number of aliphatic hydroxyl groups is 1. The SMILES string of the molecule is O[C@@H]1COC2(C1)CN(Cc1ccc(OC(F)(F)F)cc1)C2. The quantitative estimate of drug-likeness (QED) is 0.926. The van der Waals surface area contributed by atoms with Crippen LogP contribution in [0.4, 0.5) is 13.2 Å². The minimum absolute atomic E-state index is 0.214. The van der Waals surface area contributed by atoms with E-state index < -0.39 is 6.36 Å². The van der Waals surface area contributed by atoms with E-state index in [-0.39, 0.29) is 17.5 Å². The van der Waals surface area contributed by atoms with Crippen molar-refractivity contribution in [1.29, 1.82) is 0 Å². The van der Waals surface area contributed by atoms with Crippen molar-refractivity contribution in [2.24, 2.45) is 0 Å². The van der Waals surface area contributed by atoms with Crippen molar-refractivity contribution in [2.75, 3.05) is 19.7 Å². The predicted molar refractivity (Wildman–Crippen MR) is 67.7 cm³/mol. The Morgan fingerprint density at radius 3 is 2.48 bits per heavy atom. The van der Waals surface area contributed by atoms with Gasteiger partial charge in [0.1, 0.15) is 5.75 Å². The van der Waals surface area contributed by atoms with Gasteiger partial charge in [-0.25, -0.2) is 0 Å². The van der Waals surface area contributed by atoms with Gasteiger partial charge in [-0.1, -0.05) is 12.1 Å². The van der Waals surface area contributed by atoms with Gasteiger partial charge in [0.05, 0.1) is 18.3 Å². The molecule has 2 heterocycles. The summed E-state index contributed by atoms with van der Waals surface area (Å²) < 4.78 is 45.6. The first-order valence-electron chi connectivity index (χ1n) is 6.73. The average Bonchev–Trinajstić information content (AvgIpc) is 2.72. The normalized spacial score (nSPS) is 25.0. The van der Waals surface area contributed by atoms with Crippen molar-refractivity contribution in [2.45, 2.75) is 31.0 Å². The standard InChI is InChI=1S/C14H16F3NO3/c15-14(16,17)21-12-3-1-10(2-4-12)6-18-8-13(9-18)5-11(19)7-20-13/h1-4,11,19H,5-9H2/t11-/m0/s1. The molecule has 0 radical (unpaired) electrons.